The quantitative estimate of drug-likeness (QED) is 0.550. The van der Waals surface area contributed by atoms with Gasteiger partial charge < -0.3 is 0 Å². The molecule has 0 saturated carbocycles. The summed E-state index contributed by atoms with van der Waals surface area (Å²) in [5.74, 6) is 0. The third-order valence-corrected chi connectivity index (χ3v) is 1.20. The molecule has 0 N–H and O–H groups in total. The van der Waals surface area contributed by atoms with Crippen LogP contribution in [0.2, 0.25) is 0 Å². The van der Waals surface area contributed by atoms with E-state index in [4.69, 9.17) is 0 Å². The van der Waals surface area contributed by atoms with E-state index in [9.17, 15) is 17.6 Å². The van der Waals surface area contributed by atoms with Crippen LogP contribution in [0.15, 0.2) is 0 Å². The lowest BCUT2D eigenvalue weighted by Gasteiger charge is -2.17. The van der Waals surface area contributed by atoms with Crippen molar-refractivity contribution in [2.45, 2.75) is 6.43 Å². The van der Waals surface area contributed by atoms with E-state index < -0.39 is 26.3 Å². The van der Waals surface area contributed by atoms with Crippen molar-refractivity contribution in [3.63, 3.8) is 0 Å². The fourth-order valence-electron chi connectivity index (χ4n) is 0.729. The molecule has 1 nitrogen and oxygen atoms in total. The van der Waals surface area contributed by atoms with Crippen molar-refractivity contribution in [3.8, 4) is 0 Å². The van der Waals surface area contributed by atoms with E-state index in [1.807, 2.05) is 0 Å². The Morgan fingerprint density at radius 3 is 1.73 bits per heavy atom. The molecule has 0 rings (SSSR count). The van der Waals surface area contributed by atoms with Crippen molar-refractivity contribution in [1.82, 2.24) is 4.90 Å². The average Bonchev–Trinajstić information content (AvgIpc) is 1.87. The maximum atomic E-state index is 11.6. The SMILES string of the molecule is FCCN(CCF)CC(F)F. The Kier molecular flexibility index (Phi) is 6.21. The van der Waals surface area contributed by atoms with Crippen molar-refractivity contribution in [2.75, 3.05) is 33.0 Å². The third-order valence-electron chi connectivity index (χ3n) is 1.20. The summed E-state index contributed by atoms with van der Waals surface area (Å²) in [5.41, 5.74) is 0. The lowest BCUT2D eigenvalue weighted by Crippen LogP contribution is -2.32. The monoisotopic (exact) mass is 173 g/mol. The molecule has 0 bridgehead atoms. The molecule has 0 atom stereocenters. The second-order valence-corrected chi connectivity index (χ2v) is 2.07. The van der Waals surface area contributed by atoms with Gasteiger partial charge >= 0.3 is 0 Å². The van der Waals surface area contributed by atoms with Gasteiger partial charge in [-0.05, 0) is 0 Å². The Morgan fingerprint density at radius 2 is 1.45 bits per heavy atom. The molecule has 0 spiro atoms. The molecule has 0 radical (unpaired) electrons. The van der Waals surface area contributed by atoms with Gasteiger partial charge in [-0.25, -0.2) is 17.6 Å². The van der Waals surface area contributed by atoms with Gasteiger partial charge in [-0.3, -0.25) is 4.90 Å². The van der Waals surface area contributed by atoms with Crippen molar-refractivity contribution in [1.29, 1.82) is 0 Å². The molecule has 0 saturated heterocycles. The molecule has 0 aliphatic carbocycles. The highest BCUT2D eigenvalue weighted by molar-refractivity contribution is 4.57. The lowest BCUT2D eigenvalue weighted by molar-refractivity contribution is 0.0819. The smallest absolute Gasteiger partial charge is 0.251 e. The molecular formula is C6H11F4N. The fraction of sp³-hybridized carbons (Fsp3) is 1.00. The zero-order valence-electron chi connectivity index (χ0n) is 6.07. The van der Waals surface area contributed by atoms with Gasteiger partial charge in [0.05, 0.1) is 6.54 Å². The summed E-state index contributed by atoms with van der Waals surface area (Å²) in [6.07, 6.45) is -2.52. The van der Waals surface area contributed by atoms with Crippen LogP contribution < -0.4 is 0 Å². The largest absolute Gasteiger partial charge is 0.293 e. The summed E-state index contributed by atoms with van der Waals surface area (Å²) in [5, 5.41) is 0. The van der Waals surface area contributed by atoms with Crippen LogP contribution in [0, 0.1) is 0 Å². The van der Waals surface area contributed by atoms with Crippen LogP contribution >= 0.6 is 0 Å². The minimum Gasteiger partial charge on any atom is -0.293 e. The van der Waals surface area contributed by atoms with Crippen LogP contribution in [0.1, 0.15) is 0 Å². The van der Waals surface area contributed by atoms with E-state index in [1.165, 1.54) is 0 Å². The number of hydrogen-bond donors (Lipinski definition) is 0. The predicted octanol–water partition coefficient (Wildman–Crippen LogP) is 1.49. The van der Waals surface area contributed by atoms with E-state index >= 15 is 0 Å². The second kappa shape index (κ2) is 6.39. The number of halogens is 4. The van der Waals surface area contributed by atoms with Gasteiger partial charge in [0.15, 0.2) is 0 Å². The Labute approximate surface area is 63.0 Å². The Hall–Kier alpha value is -0.320. The maximum Gasteiger partial charge on any atom is 0.251 e. The first-order chi connectivity index (χ1) is 5.20. The molecule has 0 aromatic heterocycles. The average molecular weight is 173 g/mol. The van der Waals surface area contributed by atoms with Crippen LogP contribution in [0.3, 0.4) is 0 Å². The van der Waals surface area contributed by atoms with Crippen molar-refractivity contribution in [3.05, 3.63) is 0 Å². The van der Waals surface area contributed by atoms with Crippen LogP contribution in [-0.4, -0.2) is 44.3 Å². The summed E-state index contributed by atoms with van der Waals surface area (Å²) < 4.78 is 46.5. The molecular weight excluding hydrogens is 162 g/mol. The molecule has 0 heterocycles. The first kappa shape index (κ1) is 10.7. The lowest BCUT2D eigenvalue weighted by atomic mass is 10.5. The highest BCUT2D eigenvalue weighted by atomic mass is 19.3. The predicted molar refractivity (Wildman–Crippen MR) is 34.4 cm³/mol. The topological polar surface area (TPSA) is 3.24 Å². The Bertz CT molecular complexity index is 82.7. The van der Waals surface area contributed by atoms with Gasteiger partial charge in [0.1, 0.15) is 13.3 Å². The number of hydrogen-bond acceptors (Lipinski definition) is 1. The minimum absolute atomic E-state index is 0.117. The molecule has 5 heteroatoms. The van der Waals surface area contributed by atoms with Gasteiger partial charge in [-0.1, -0.05) is 0 Å². The summed E-state index contributed by atoms with van der Waals surface area (Å²) >= 11 is 0. The first-order valence-electron chi connectivity index (χ1n) is 3.33. The van der Waals surface area contributed by atoms with Crippen LogP contribution in [0.4, 0.5) is 17.6 Å². The van der Waals surface area contributed by atoms with E-state index in [1.54, 1.807) is 0 Å². The van der Waals surface area contributed by atoms with E-state index in [0.29, 0.717) is 0 Å². The highest BCUT2D eigenvalue weighted by Crippen LogP contribution is 1.97. The zero-order valence-corrected chi connectivity index (χ0v) is 6.07. The van der Waals surface area contributed by atoms with Crippen molar-refractivity contribution >= 4 is 0 Å². The molecule has 0 aliphatic heterocycles. The Morgan fingerprint density at radius 1 is 1.00 bits per heavy atom. The summed E-state index contributed by atoms with van der Waals surface area (Å²) in [4.78, 5) is 1.06. The first-order valence-corrected chi connectivity index (χ1v) is 3.33. The molecule has 68 valence electrons. The van der Waals surface area contributed by atoms with Gasteiger partial charge in [0, 0.05) is 13.1 Å². The molecule has 0 unspecified atom stereocenters. The van der Waals surface area contributed by atoms with Gasteiger partial charge in [-0.2, -0.15) is 0 Å². The fourth-order valence-corrected chi connectivity index (χ4v) is 0.729. The van der Waals surface area contributed by atoms with Crippen LogP contribution in [0.5, 0.6) is 0 Å². The molecule has 11 heavy (non-hydrogen) atoms. The molecule has 0 amide bonds. The molecule has 0 aromatic rings. The normalized spacial score (nSPS) is 11.5. The van der Waals surface area contributed by atoms with Crippen molar-refractivity contribution in [2.24, 2.45) is 0 Å². The number of nitrogens with zero attached hydrogens (tertiary/aromatic N) is 1. The minimum atomic E-state index is -2.52. The summed E-state index contributed by atoms with van der Waals surface area (Å²) in [6.45, 7) is -2.21. The third kappa shape index (κ3) is 6.09. The highest BCUT2D eigenvalue weighted by Gasteiger charge is 2.10. The standard InChI is InChI=1S/C6H11F4N/c7-1-3-11(4-2-8)5-6(9)10/h6H,1-5H2. The zero-order chi connectivity index (χ0) is 8.69. The van der Waals surface area contributed by atoms with Crippen LogP contribution in [0.25, 0.3) is 0 Å². The van der Waals surface area contributed by atoms with Gasteiger partial charge in [0.25, 0.3) is 6.43 Å². The summed E-state index contributed by atoms with van der Waals surface area (Å²) in [7, 11) is 0. The Balaban J connectivity index is 3.50. The van der Waals surface area contributed by atoms with Gasteiger partial charge in [-0.15, -0.1) is 0 Å². The van der Waals surface area contributed by atoms with Gasteiger partial charge in [0.2, 0.25) is 0 Å². The summed E-state index contributed by atoms with van der Waals surface area (Å²) in [6, 6.07) is 0. The van der Waals surface area contributed by atoms with Crippen LogP contribution in [-0.2, 0) is 0 Å². The van der Waals surface area contributed by atoms with E-state index in [2.05, 4.69) is 0 Å². The van der Waals surface area contributed by atoms with E-state index in [-0.39, 0.29) is 13.1 Å². The molecule has 0 aliphatic rings. The van der Waals surface area contributed by atoms with E-state index in [0.717, 1.165) is 4.90 Å². The number of alkyl halides is 4. The molecule has 0 aromatic carbocycles. The molecule has 0 fully saturated rings. The maximum absolute atomic E-state index is 11.6. The second-order valence-electron chi connectivity index (χ2n) is 2.07. The van der Waals surface area contributed by atoms with Crippen molar-refractivity contribution < 1.29 is 17.6 Å². The number of rotatable bonds is 6.